The number of hydrogen-bond acceptors (Lipinski definition) is 4. The van der Waals surface area contributed by atoms with E-state index in [1.54, 1.807) is 6.07 Å². The van der Waals surface area contributed by atoms with E-state index in [4.69, 9.17) is 4.74 Å². The SMILES string of the molecule is C=Cc1ccnc([N+](=O)[O-])c1OCc1ccccc1. The summed E-state index contributed by atoms with van der Waals surface area (Å²) < 4.78 is 5.53. The average molecular weight is 256 g/mol. The lowest BCUT2D eigenvalue weighted by Crippen LogP contribution is -2.02. The van der Waals surface area contributed by atoms with Crippen molar-refractivity contribution >= 4 is 11.9 Å². The maximum absolute atomic E-state index is 10.9. The molecule has 0 fully saturated rings. The third-order valence-electron chi connectivity index (χ3n) is 2.54. The molecule has 2 rings (SSSR count). The van der Waals surface area contributed by atoms with Gasteiger partial charge >= 0.3 is 5.82 Å². The van der Waals surface area contributed by atoms with E-state index in [0.29, 0.717) is 5.56 Å². The van der Waals surface area contributed by atoms with Crippen LogP contribution in [0.15, 0.2) is 49.2 Å². The third-order valence-corrected chi connectivity index (χ3v) is 2.54. The van der Waals surface area contributed by atoms with Gasteiger partial charge in [-0.2, -0.15) is 0 Å². The van der Waals surface area contributed by atoms with E-state index in [-0.39, 0.29) is 18.2 Å². The number of ether oxygens (including phenoxy) is 1. The van der Waals surface area contributed by atoms with Crippen molar-refractivity contribution in [1.82, 2.24) is 4.98 Å². The van der Waals surface area contributed by atoms with Crippen molar-refractivity contribution in [1.29, 1.82) is 0 Å². The molecule has 19 heavy (non-hydrogen) atoms. The van der Waals surface area contributed by atoms with Crippen molar-refractivity contribution < 1.29 is 9.66 Å². The monoisotopic (exact) mass is 256 g/mol. The van der Waals surface area contributed by atoms with Crippen LogP contribution in [0.4, 0.5) is 5.82 Å². The van der Waals surface area contributed by atoms with E-state index in [9.17, 15) is 10.1 Å². The van der Waals surface area contributed by atoms with Crippen LogP contribution in [-0.4, -0.2) is 9.91 Å². The number of rotatable bonds is 5. The zero-order valence-corrected chi connectivity index (χ0v) is 10.2. The van der Waals surface area contributed by atoms with E-state index in [0.717, 1.165) is 5.56 Å². The second-order valence-electron chi connectivity index (χ2n) is 3.79. The molecule has 0 amide bonds. The van der Waals surface area contributed by atoms with Crippen LogP contribution in [0.25, 0.3) is 6.08 Å². The molecule has 0 saturated heterocycles. The summed E-state index contributed by atoms with van der Waals surface area (Å²) in [5.74, 6) is -0.153. The van der Waals surface area contributed by atoms with Gasteiger partial charge in [0, 0.05) is 5.56 Å². The Labute approximate surface area is 110 Å². The van der Waals surface area contributed by atoms with Crippen LogP contribution in [0.1, 0.15) is 11.1 Å². The first-order valence-corrected chi connectivity index (χ1v) is 5.65. The summed E-state index contributed by atoms with van der Waals surface area (Å²) in [5.41, 5.74) is 1.48. The lowest BCUT2D eigenvalue weighted by Gasteiger charge is -2.08. The Balaban J connectivity index is 2.28. The van der Waals surface area contributed by atoms with Gasteiger partial charge in [-0.05, 0) is 21.5 Å². The van der Waals surface area contributed by atoms with Gasteiger partial charge in [-0.3, -0.25) is 0 Å². The summed E-state index contributed by atoms with van der Waals surface area (Å²) >= 11 is 0. The molecule has 0 aliphatic carbocycles. The smallest absolute Gasteiger partial charge is 0.406 e. The molecule has 0 N–H and O–H groups in total. The Morgan fingerprint density at radius 3 is 2.68 bits per heavy atom. The molecule has 1 aromatic heterocycles. The fraction of sp³-hybridized carbons (Fsp3) is 0.0714. The van der Waals surface area contributed by atoms with Gasteiger partial charge in [-0.1, -0.05) is 43.0 Å². The molecule has 1 aromatic carbocycles. The number of nitro groups is 1. The normalized spacial score (nSPS) is 9.89. The van der Waals surface area contributed by atoms with Crippen LogP contribution < -0.4 is 4.74 Å². The van der Waals surface area contributed by atoms with Crippen LogP contribution in [0.5, 0.6) is 5.75 Å². The van der Waals surface area contributed by atoms with Gasteiger partial charge in [0.25, 0.3) is 0 Å². The van der Waals surface area contributed by atoms with Gasteiger partial charge in [0.15, 0.2) is 0 Å². The lowest BCUT2D eigenvalue weighted by molar-refractivity contribution is -0.390. The molecule has 0 aliphatic rings. The molecule has 0 bridgehead atoms. The van der Waals surface area contributed by atoms with Gasteiger partial charge in [-0.15, -0.1) is 0 Å². The van der Waals surface area contributed by atoms with Gasteiger partial charge in [0.1, 0.15) is 12.8 Å². The zero-order valence-electron chi connectivity index (χ0n) is 10.2. The number of pyridine rings is 1. The second kappa shape index (κ2) is 5.77. The molecule has 96 valence electrons. The molecular formula is C14H12N2O3. The van der Waals surface area contributed by atoms with E-state index in [1.807, 2.05) is 30.3 Å². The van der Waals surface area contributed by atoms with Crippen molar-refractivity contribution in [2.24, 2.45) is 0 Å². The van der Waals surface area contributed by atoms with Gasteiger partial charge in [0.2, 0.25) is 5.75 Å². The zero-order chi connectivity index (χ0) is 13.7. The summed E-state index contributed by atoms with van der Waals surface area (Å²) in [6, 6.07) is 11.0. The molecule has 0 aliphatic heterocycles. The quantitative estimate of drug-likeness (QED) is 0.608. The predicted molar refractivity (Wildman–Crippen MR) is 71.8 cm³/mol. The highest BCUT2D eigenvalue weighted by Crippen LogP contribution is 2.29. The van der Waals surface area contributed by atoms with E-state index in [1.165, 1.54) is 12.3 Å². The first kappa shape index (κ1) is 12.8. The molecule has 5 heteroatoms. The Morgan fingerprint density at radius 2 is 2.05 bits per heavy atom. The molecule has 0 saturated carbocycles. The van der Waals surface area contributed by atoms with Gasteiger partial charge in [0.05, 0.1) is 0 Å². The fourth-order valence-corrected chi connectivity index (χ4v) is 1.62. The van der Waals surface area contributed by atoms with Gasteiger partial charge in [-0.25, -0.2) is 0 Å². The van der Waals surface area contributed by atoms with Crippen LogP contribution in [-0.2, 0) is 6.61 Å². The fourth-order valence-electron chi connectivity index (χ4n) is 1.62. The van der Waals surface area contributed by atoms with E-state index < -0.39 is 4.92 Å². The lowest BCUT2D eigenvalue weighted by atomic mass is 10.2. The van der Waals surface area contributed by atoms with E-state index >= 15 is 0 Å². The van der Waals surface area contributed by atoms with Crippen molar-refractivity contribution in [2.75, 3.05) is 0 Å². The van der Waals surface area contributed by atoms with Crippen molar-refractivity contribution in [3.05, 3.63) is 70.4 Å². The Hall–Kier alpha value is -2.69. The topological polar surface area (TPSA) is 65.3 Å². The van der Waals surface area contributed by atoms with Gasteiger partial charge < -0.3 is 14.9 Å². The summed E-state index contributed by atoms with van der Waals surface area (Å²) in [5, 5.41) is 10.9. The first-order valence-electron chi connectivity index (χ1n) is 5.65. The van der Waals surface area contributed by atoms with Crippen molar-refractivity contribution in [3.63, 3.8) is 0 Å². The predicted octanol–water partition coefficient (Wildman–Crippen LogP) is 3.21. The van der Waals surface area contributed by atoms with Crippen molar-refractivity contribution in [3.8, 4) is 5.75 Å². The minimum Gasteiger partial charge on any atom is -0.480 e. The average Bonchev–Trinajstić information content (AvgIpc) is 2.45. The van der Waals surface area contributed by atoms with Crippen molar-refractivity contribution in [2.45, 2.75) is 6.61 Å². The van der Waals surface area contributed by atoms with Crippen LogP contribution in [0, 0.1) is 10.1 Å². The summed E-state index contributed by atoms with van der Waals surface area (Å²) in [4.78, 5) is 14.1. The Morgan fingerprint density at radius 1 is 1.32 bits per heavy atom. The Bertz CT molecular complexity index is 597. The highest BCUT2D eigenvalue weighted by atomic mass is 16.6. The highest BCUT2D eigenvalue weighted by Gasteiger charge is 2.19. The third kappa shape index (κ3) is 2.95. The minimum atomic E-state index is -0.562. The second-order valence-corrected chi connectivity index (χ2v) is 3.79. The molecule has 0 spiro atoms. The standard InChI is InChI=1S/C14H12N2O3/c1-2-12-8-9-15-14(16(17)18)13(12)19-10-11-6-4-3-5-7-11/h2-9H,1,10H2. The summed E-state index contributed by atoms with van der Waals surface area (Å²) in [6.07, 6.45) is 2.87. The number of benzene rings is 1. The number of aromatic nitrogens is 1. The summed E-state index contributed by atoms with van der Waals surface area (Å²) in [6.45, 7) is 3.86. The molecule has 1 heterocycles. The highest BCUT2D eigenvalue weighted by molar-refractivity contribution is 5.60. The van der Waals surface area contributed by atoms with E-state index in [2.05, 4.69) is 11.6 Å². The molecular weight excluding hydrogens is 244 g/mol. The number of nitrogens with zero attached hydrogens (tertiary/aromatic N) is 2. The molecule has 0 unspecified atom stereocenters. The molecule has 0 radical (unpaired) electrons. The maximum atomic E-state index is 10.9. The minimum absolute atomic E-state index is 0.145. The molecule has 5 nitrogen and oxygen atoms in total. The van der Waals surface area contributed by atoms with Crippen LogP contribution >= 0.6 is 0 Å². The Kier molecular flexibility index (Phi) is 3.87. The molecule has 0 atom stereocenters. The van der Waals surface area contributed by atoms with Crippen LogP contribution in [0.3, 0.4) is 0 Å². The summed E-state index contributed by atoms with van der Waals surface area (Å²) in [7, 11) is 0. The van der Waals surface area contributed by atoms with Crippen LogP contribution in [0.2, 0.25) is 0 Å². The number of hydrogen-bond donors (Lipinski definition) is 0. The maximum Gasteiger partial charge on any atom is 0.406 e. The first-order chi connectivity index (χ1) is 9.22. The largest absolute Gasteiger partial charge is 0.480 e. The molecule has 2 aromatic rings.